The minimum Gasteiger partial charge on any atom is -0.507 e. The number of ether oxygens (including phenoxy) is 1. The molecule has 7 heteroatoms. The Morgan fingerprint density at radius 3 is 2.50 bits per heavy atom. The van der Waals surface area contributed by atoms with Gasteiger partial charge < -0.3 is 15.2 Å². The minimum absolute atomic E-state index is 0.0124. The van der Waals surface area contributed by atoms with Crippen LogP contribution in [-0.4, -0.2) is 23.1 Å². The molecule has 2 atom stereocenters. The van der Waals surface area contributed by atoms with Crippen molar-refractivity contribution >= 4 is 35.1 Å². The summed E-state index contributed by atoms with van der Waals surface area (Å²) in [5, 5.41) is 13.6. The van der Waals surface area contributed by atoms with E-state index in [1.165, 1.54) is 13.0 Å². The van der Waals surface area contributed by atoms with Crippen molar-refractivity contribution in [2.75, 3.05) is 0 Å². The molecule has 0 spiro atoms. The summed E-state index contributed by atoms with van der Waals surface area (Å²) in [7, 11) is 0. The first kappa shape index (κ1) is 20.1. The van der Waals surface area contributed by atoms with Gasteiger partial charge in [-0.15, -0.1) is 0 Å². The van der Waals surface area contributed by atoms with Gasteiger partial charge in [-0.1, -0.05) is 41.4 Å². The highest BCUT2D eigenvalue weighted by Gasteiger charge is 2.23. The predicted molar refractivity (Wildman–Crippen MR) is 101 cm³/mol. The molecular formula is C19H19Cl2NO4. The average molecular weight is 396 g/mol. The molecule has 0 aromatic heterocycles. The number of rotatable bonds is 5. The van der Waals surface area contributed by atoms with Gasteiger partial charge in [-0.25, -0.2) is 4.79 Å². The van der Waals surface area contributed by atoms with E-state index in [1.807, 2.05) is 0 Å². The highest BCUT2D eigenvalue weighted by atomic mass is 35.5. The lowest BCUT2D eigenvalue weighted by Crippen LogP contribution is -2.37. The number of carbonyl (C=O) groups excluding carboxylic acids is 2. The van der Waals surface area contributed by atoms with E-state index in [2.05, 4.69) is 5.32 Å². The summed E-state index contributed by atoms with van der Waals surface area (Å²) in [6, 6.07) is 9.31. The Hall–Kier alpha value is -2.24. The van der Waals surface area contributed by atoms with E-state index in [9.17, 15) is 14.7 Å². The second-order valence-electron chi connectivity index (χ2n) is 5.91. The molecule has 0 heterocycles. The number of benzene rings is 2. The Labute approximate surface area is 161 Å². The van der Waals surface area contributed by atoms with Crippen LogP contribution in [0.3, 0.4) is 0 Å². The van der Waals surface area contributed by atoms with Gasteiger partial charge >= 0.3 is 5.97 Å². The molecule has 0 unspecified atom stereocenters. The van der Waals surface area contributed by atoms with Crippen LogP contribution in [0.5, 0.6) is 5.75 Å². The van der Waals surface area contributed by atoms with Gasteiger partial charge in [-0.3, -0.25) is 4.79 Å². The fourth-order valence-corrected chi connectivity index (χ4v) is 2.93. The van der Waals surface area contributed by atoms with Crippen molar-refractivity contribution in [1.82, 2.24) is 5.32 Å². The van der Waals surface area contributed by atoms with Crippen LogP contribution in [0, 0.1) is 6.92 Å². The number of esters is 1. The second-order valence-corrected chi connectivity index (χ2v) is 6.76. The molecule has 0 bridgehead atoms. The Balaban J connectivity index is 2.03. The fraction of sp³-hybridized carbons (Fsp3) is 0.263. The zero-order valence-electron chi connectivity index (χ0n) is 14.5. The Morgan fingerprint density at radius 2 is 1.85 bits per heavy atom. The first-order chi connectivity index (χ1) is 12.2. The normalized spacial score (nSPS) is 13.0. The number of amides is 1. The summed E-state index contributed by atoms with van der Waals surface area (Å²) >= 11 is 12.0. The Morgan fingerprint density at radius 1 is 1.15 bits per heavy atom. The van der Waals surface area contributed by atoms with Gasteiger partial charge in [0.1, 0.15) is 11.3 Å². The maximum Gasteiger partial charge on any atom is 0.342 e. The van der Waals surface area contributed by atoms with E-state index in [4.69, 9.17) is 27.9 Å². The van der Waals surface area contributed by atoms with Crippen molar-refractivity contribution in [3.63, 3.8) is 0 Å². The van der Waals surface area contributed by atoms with Gasteiger partial charge in [-0.05, 0) is 50.1 Å². The lowest BCUT2D eigenvalue weighted by Gasteiger charge is -2.19. The third-order valence-corrected chi connectivity index (χ3v) is 4.46. The number of halogens is 2. The number of nitrogens with one attached hydrogen (secondary N) is 1. The first-order valence-electron chi connectivity index (χ1n) is 7.95. The van der Waals surface area contributed by atoms with Gasteiger partial charge in [0.15, 0.2) is 6.10 Å². The highest BCUT2D eigenvalue weighted by Crippen LogP contribution is 2.26. The maximum absolute atomic E-state index is 12.3. The van der Waals surface area contributed by atoms with Crippen LogP contribution in [0.4, 0.5) is 0 Å². The number of hydrogen-bond donors (Lipinski definition) is 2. The predicted octanol–water partition coefficient (Wildman–Crippen LogP) is 4.43. The molecule has 0 saturated carbocycles. The Kier molecular flexibility index (Phi) is 6.51. The molecular weight excluding hydrogens is 377 g/mol. The second kappa shape index (κ2) is 8.43. The third-order valence-electron chi connectivity index (χ3n) is 3.90. The van der Waals surface area contributed by atoms with Crippen molar-refractivity contribution < 1.29 is 19.4 Å². The molecule has 2 N–H and O–H groups in total. The van der Waals surface area contributed by atoms with Gasteiger partial charge in [-0.2, -0.15) is 0 Å². The SMILES string of the molecule is Cc1cccc(C(=O)O[C@@H](C)C(=O)N[C@H](C)c2ccc(Cl)cc2Cl)c1O. The van der Waals surface area contributed by atoms with Crippen molar-refractivity contribution in [2.24, 2.45) is 0 Å². The molecule has 138 valence electrons. The van der Waals surface area contributed by atoms with Crippen LogP contribution in [0.2, 0.25) is 10.0 Å². The van der Waals surface area contributed by atoms with E-state index in [0.717, 1.165) is 0 Å². The minimum atomic E-state index is -1.05. The third kappa shape index (κ3) is 4.68. The monoisotopic (exact) mass is 395 g/mol. The van der Waals surface area contributed by atoms with Crippen LogP contribution < -0.4 is 5.32 Å². The summed E-state index contributed by atoms with van der Waals surface area (Å²) < 4.78 is 5.16. The molecule has 0 fully saturated rings. The Bertz CT molecular complexity index is 838. The van der Waals surface area contributed by atoms with Gasteiger partial charge in [0.05, 0.1) is 6.04 Å². The van der Waals surface area contributed by atoms with E-state index in [0.29, 0.717) is 21.2 Å². The van der Waals surface area contributed by atoms with Crippen LogP contribution >= 0.6 is 23.2 Å². The van der Waals surface area contributed by atoms with Gasteiger partial charge in [0.2, 0.25) is 0 Å². The lowest BCUT2D eigenvalue weighted by molar-refractivity contribution is -0.129. The van der Waals surface area contributed by atoms with Crippen LogP contribution in [0.25, 0.3) is 0 Å². The zero-order chi connectivity index (χ0) is 19.4. The molecule has 0 aliphatic rings. The summed E-state index contributed by atoms with van der Waals surface area (Å²) in [6.07, 6.45) is -1.05. The van der Waals surface area contributed by atoms with Crippen LogP contribution in [0.15, 0.2) is 36.4 Å². The molecule has 0 radical (unpaired) electrons. The average Bonchev–Trinajstić information content (AvgIpc) is 2.56. The van der Waals surface area contributed by atoms with Crippen molar-refractivity contribution in [3.05, 3.63) is 63.1 Å². The highest BCUT2D eigenvalue weighted by molar-refractivity contribution is 6.35. The molecule has 0 saturated heterocycles. The van der Waals surface area contributed by atoms with E-state index < -0.39 is 24.0 Å². The van der Waals surface area contributed by atoms with E-state index >= 15 is 0 Å². The van der Waals surface area contributed by atoms with Crippen molar-refractivity contribution in [3.8, 4) is 5.75 Å². The molecule has 0 aliphatic heterocycles. The summed E-state index contributed by atoms with van der Waals surface area (Å²) in [5.41, 5.74) is 1.25. The van der Waals surface area contributed by atoms with Crippen LogP contribution in [-0.2, 0) is 9.53 Å². The number of phenols is 1. The molecule has 26 heavy (non-hydrogen) atoms. The number of aromatic hydroxyl groups is 1. The van der Waals surface area contributed by atoms with Gasteiger partial charge in [0.25, 0.3) is 5.91 Å². The molecule has 2 rings (SSSR count). The largest absolute Gasteiger partial charge is 0.507 e. The smallest absolute Gasteiger partial charge is 0.342 e. The molecule has 2 aromatic rings. The quantitative estimate of drug-likeness (QED) is 0.734. The zero-order valence-corrected chi connectivity index (χ0v) is 16.1. The van der Waals surface area contributed by atoms with Crippen LogP contribution in [0.1, 0.15) is 41.4 Å². The first-order valence-corrected chi connectivity index (χ1v) is 8.71. The number of aryl methyl sites for hydroxylation is 1. The number of para-hydroxylation sites is 1. The summed E-state index contributed by atoms with van der Waals surface area (Å²) in [5.74, 6) is -1.42. The molecule has 5 nitrogen and oxygen atoms in total. The number of phenolic OH excluding ortho intramolecular Hbond substituents is 1. The maximum atomic E-state index is 12.3. The molecule has 2 aromatic carbocycles. The van der Waals surface area contributed by atoms with E-state index in [-0.39, 0.29) is 11.3 Å². The standard InChI is InChI=1S/C19H19Cl2NO4/c1-10-5-4-6-15(17(10)23)19(25)26-12(3)18(24)22-11(2)14-8-7-13(20)9-16(14)21/h4-9,11-12,23H,1-3H3,(H,22,24)/t11-,12+/m1/s1. The molecule has 1 amide bonds. The molecule has 0 aliphatic carbocycles. The fourth-order valence-electron chi connectivity index (χ4n) is 2.36. The number of carbonyl (C=O) groups is 2. The van der Waals surface area contributed by atoms with Crippen molar-refractivity contribution in [1.29, 1.82) is 0 Å². The summed E-state index contributed by atoms with van der Waals surface area (Å²) in [4.78, 5) is 24.5. The lowest BCUT2D eigenvalue weighted by atomic mass is 10.1. The van der Waals surface area contributed by atoms with Crippen molar-refractivity contribution in [2.45, 2.75) is 32.9 Å². The van der Waals surface area contributed by atoms with Gasteiger partial charge in [0, 0.05) is 10.0 Å². The summed E-state index contributed by atoms with van der Waals surface area (Å²) in [6.45, 7) is 4.88. The topological polar surface area (TPSA) is 75.6 Å². The van der Waals surface area contributed by atoms with E-state index in [1.54, 1.807) is 44.2 Å². The number of hydrogen-bond acceptors (Lipinski definition) is 4.